The number of likely N-dealkylation sites (tertiary alicyclic amines) is 2. The predicted molar refractivity (Wildman–Crippen MR) is 74.2 cm³/mol. The van der Waals surface area contributed by atoms with E-state index in [1.165, 1.54) is 12.1 Å². The highest BCUT2D eigenvalue weighted by molar-refractivity contribution is 5.78. The van der Waals surface area contributed by atoms with E-state index in [1.54, 1.807) is 0 Å². The average Bonchev–Trinajstić information content (AvgIpc) is 2.99. The van der Waals surface area contributed by atoms with Crippen LogP contribution in [0.5, 0.6) is 0 Å². The smallest absolute Gasteiger partial charge is 0.236 e. The lowest BCUT2D eigenvalue weighted by Crippen LogP contribution is -2.36. The topological polar surface area (TPSA) is 49.6 Å². The summed E-state index contributed by atoms with van der Waals surface area (Å²) in [6.45, 7) is 3.71. The number of fused-ring (bicyclic) bond motifs is 1. The first-order valence-electron chi connectivity index (χ1n) is 7.21. The Bertz CT molecular complexity index is 538. The third-order valence-electron chi connectivity index (χ3n) is 4.50. The molecule has 6 heteroatoms. The molecule has 2 aliphatic heterocycles. The average molecular weight is 295 g/mol. The molecular formula is C15H19F2N3O. The Balaban J connectivity index is 1.59. The van der Waals surface area contributed by atoms with E-state index in [-0.39, 0.29) is 12.5 Å². The first-order valence-corrected chi connectivity index (χ1v) is 7.21. The van der Waals surface area contributed by atoms with Crippen LogP contribution in [-0.2, 0) is 11.3 Å². The number of nitrogens with zero attached hydrogens (tertiary/aromatic N) is 2. The molecule has 2 atom stereocenters. The minimum atomic E-state index is -0.550. The Hall–Kier alpha value is -1.53. The Labute approximate surface area is 122 Å². The molecule has 0 saturated carbocycles. The number of carbonyl (C=O) groups excluding carboxylic acids is 1. The van der Waals surface area contributed by atoms with Crippen LogP contribution in [0, 0.1) is 23.5 Å². The van der Waals surface area contributed by atoms with Crippen molar-refractivity contribution in [2.45, 2.75) is 6.54 Å². The zero-order valence-electron chi connectivity index (χ0n) is 11.8. The number of nitrogens with two attached hydrogens (primary N) is 1. The van der Waals surface area contributed by atoms with Gasteiger partial charge < -0.3 is 10.6 Å². The Morgan fingerprint density at radius 2 is 1.86 bits per heavy atom. The van der Waals surface area contributed by atoms with Crippen LogP contribution in [0.3, 0.4) is 0 Å². The predicted octanol–water partition coefficient (Wildman–Crippen LogP) is 0.814. The number of hydrogen-bond acceptors (Lipinski definition) is 3. The van der Waals surface area contributed by atoms with Gasteiger partial charge in [0.25, 0.3) is 0 Å². The van der Waals surface area contributed by atoms with E-state index >= 15 is 0 Å². The molecule has 114 valence electrons. The van der Waals surface area contributed by atoms with Crippen LogP contribution in [0.2, 0.25) is 0 Å². The van der Waals surface area contributed by atoms with Gasteiger partial charge in [-0.25, -0.2) is 8.78 Å². The molecule has 2 N–H and O–H groups in total. The maximum atomic E-state index is 13.7. The standard InChI is InChI=1S/C15H19F2N3O/c16-13-2-1-10(14(17)3-13)5-19-6-11-8-20(15(21)4-18)9-12(11)7-19/h1-3,11-12H,4-9,18H2. The van der Waals surface area contributed by atoms with Crippen molar-refractivity contribution in [1.29, 1.82) is 0 Å². The van der Waals surface area contributed by atoms with Crippen LogP contribution < -0.4 is 5.73 Å². The molecule has 21 heavy (non-hydrogen) atoms. The third kappa shape index (κ3) is 2.91. The molecule has 0 bridgehead atoms. The molecule has 1 aromatic rings. The normalized spacial score (nSPS) is 25.4. The lowest BCUT2D eigenvalue weighted by molar-refractivity contribution is -0.129. The largest absolute Gasteiger partial charge is 0.341 e. The zero-order valence-corrected chi connectivity index (χ0v) is 11.8. The molecule has 0 aliphatic carbocycles. The van der Waals surface area contributed by atoms with E-state index in [0.717, 1.165) is 32.2 Å². The van der Waals surface area contributed by atoms with Crippen LogP contribution in [-0.4, -0.2) is 48.4 Å². The minimum Gasteiger partial charge on any atom is -0.341 e. The molecule has 2 unspecified atom stereocenters. The van der Waals surface area contributed by atoms with Gasteiger partial charge in [0.05, 0.1) is 6.54 Å². The fourth-order valence-corrected chi connectivity index (χ4v) is 3.44. The fraction of sp³-hybridized carbons (Fsp3) is 0.533. The molecule has 1 amide bonds. The summed E-state index contributed by atoms with van der Waals surface area (Å²) in [5.74, 6) is -0.175. The van der Waals surface area contributed by atoms with Crippen LogP contribution in [0.25, 0.3) is 0 Å². The number of rotatable bonds is 3. The Kier molecular flexibility index (Phi) is 3.91. The molecule has 0 aromatic heterocycles. The van der Waals surface area contributed by atoms with Crippen molar-refractivity contribution in [3.8, 4) is 0 Å². The van der Waals surface area contributed by atoms with Crippen molar-refractivity contribution in [1.82, 2.24) is 9.80 Å². The molecule has 2 heterocycles. The van der Waals surface area contributed by atoms with Gasteiger partial charge in [0.1, 0.15) is 11.6 Å². The van der Waals surface area contributed by atoms with Crippen molar-refractivity contribution < 1.29 is 13.6 Å². The van der Waals surface area contributed by atoms with Gasteiger partial charge in [-0.05, 0) is 17.9 Å². The van der Waals surface area contributed by atoms with E-state index in [9.17, 15) is 13.6 Å². The highest BCUT2D eigenvalue weighted by Gasteiger charge is 2.41. The van der Waals surface area contributed by atoms with Crippen molar-refractivity contribution in [2.75, 3.05) is 32.7 Å². The lowest BCUT2D eigenvalue weighted by Gasteiger charge is -2.21. The number of halogens is 2. The second-order valence-corrected chi connectivity index (χ2v) is 5.95. The number of hydrogen-bond donors (Lipinski definition) is 1. The summed E-state index contributed by atoms with van der Waals surface area (Å²) in [5, 5.41) is 0. The first kappa shape index (κ1) is 14.4. The van der Waals surface area contributed by atoms with E-state index in [1.807, 2.05) is 4.90 Å². The van der Waals surface area contributed by atoms with Gasteiger partial charge in [-0.3, -0.25) is 9.69 Å². The summed E-state index contributed by atoms with van der Waals surface area (Å²) >= 11 is 0. The van der Waals surface area contributed by atoms with Crippen molar-refractivity contribution in [3.05, 3.63) is 35.4 Å². The quantitative estimate of drug-likeness (QED) is 0.898. The molecule has 2 saturated heterocycles. The molecule has 4 nitrogen and oxygen atoms in total. The summed E-state index contributed by atoms with van der Waals surface area (Å²) < 4.78 is 26.6. The Morgan fingerprint density at radius 1 is 1.19 bits per heavy atom. The van der Waals surface area contributed by atoms with Crippen LogP contribution in [0.1, 0.15) is 5.56 Å². The summed E-state index contributed by atoms with van der Waals surface area (Å²) in [6.07, 6.45) is 0. The number of carbonyl (C=O) groups is 1. The second kappa shape index (κ2) is 5.69. The molecule has 1 aromatic carbocycles. The van der Waals surface area contributed by atoms with E-state index in [0.29, 0.717) is 23.9 Å². The van der Waals surface area contributed by atoms with Gasteiger partial charge in [0, 0.05) is 44.4 Å². The van der Waals surface area contributed by atoms with Crippen molar-refractivity contribution in [3.63, 3.8) is 0 Å². The van der Waals surface area contributed by atoms with Gasteiger partial charge in [-0.2, -0.15) is 0 Å². The maximum absolute atomic E-state index is 13.7. The van der Waals surface area contributed by atoms with Gasteiger partial charge in [0.15, 0.2) is 0 Å². The van der Waals surface area contributed by atoms with Gasteiger partial charge in [-0.1, -0.05) is 6.07 Å². The van der Waals surface area contributed by atoms with E-state index in [4.69, 9.17) is 5.73 Å². The molecule has 0 spiro atoms. The van der Waals surface area contributed by atoms with Crippen LogP contribution >= 0.6 is 0 Å². The van der Waals surface area contributed by atoms with Crippen molar-refractivity contribution in [2.24, 2.45) is 17.6 Å². The van der Waals surface area contributed by atoms with Gasteiger partial charge in [0.2, 0.25) is 5.91 Å². The zero-order chi connectivity index (χ0) is 15.0. The minimum absolute atomic E-state index is 0.000490. The molecular weight excluding hydrogens is 276 g/mol. The summed E-state index contributed by atoms with van der Waals surface area (Å²) in [7, 11) is 0. The molecule has 2 fully saturated rings. The van der Waals surface area contributed by atoms with Gasteiger partial charge >= 0.3 is 0 Å². The molecule has 2 aliphatic rings. The summed E-state index contributed by atoms with van der Waals surface area (Å²) in [5.41, 5.74) is 5.91. The lowest BCUT2D eigenvalue weighted by atomic mass is 10.0. The number of amides is 1. The first-order chi connectivity index (χ1) is 10.1. The Morgan fingerprint density at radius 3 is 2.43 bits per heavy atom. The van der Waals surface area contributed by atoms with Gasteiger partial charge in [-0.15, -0.1) is 0 Å². The van der Waals surface area contributed by atoms with E-state index < -0.39 is 11.6 Å². The van der Waals surface area contributed by atoms with E-state index in [2.05, 4.69) is 4.90 Å². The highest BCUT2D eigenvalue weighted by Crippen LogP contribution is 2.32. The highest BCUT2D eigenvalue weighted by atomic mass is 19.1. The monoisotopic (exact) mass is 295 g/mol. The second-order valence-electron chi connectivity index (χ2n) is 5.95. The fourth-order valence-electron chi connectivity index (χ4n) is 3.44. The number of benzene rings is 1. The van der Waals surface area contributed by atoms with Crippen LogP contribution in [0.15, 0.2) is 18.2 Å². The summed E-state index contributed by atoms with van der Waals surface area (Å²) in [4.78, 5) is 15.6. The maximum Gasteiger partial charge on any atom is 0.236 e. The third-order valence-corrected chi connectivity index (χ3v) is 4.50. The molecule has 0 radical (unpaired) electrons. The van der Waals surface area contributed by atoms with Crippen LogP contribution in [0.4, 0.5) is 8.78 Å². The SMILES string of the molecule is NCC(=O)N1CC2CN(Cc3ccc(F)cc3F)CC2C1. The summed E-state index contributed by atoms with van der Waals surface area (Å²) in [6, 6.07) is 3.72. The molecule has 3 rings (SSSR count). The van der Waals surface area contributed by atoms with Crippen molar-refractivity contribution >= 4 is 5.91 Å².